The molecule has 0 saturated carbocycles. The summed E-state index contributed by atoms with van der Waals surface area (Å²) in [5.74, 6) is -8.74. The van der Waals surface area contributed by atoms with Crippen LogP contribution < -0.4 is 20.4 Å². The number of aliphatic carboxylic acids is 4. The molecule has 0 N–H and O–H groups in total. The van der Waals surface area contributed by atoms with Crippen LogP contribution in [0.1, 0.15) is 0 Å². The molecule has 0 aromatic heterocycles. The number of rotatable bonds is 0. The van der Waals surface area contributed by atoms with Crippen molar-refractivity contribution in [2.75, 3.05) is 0 Å². The van der Waals surface area contributed by atoms with Crippen molar-refractivity contribution in [1.29, 1.82) is 0 Å². The first-order valence-electron chi connectivity index (χ1n) is 2.13. The van der Waals surface area contributed by atoms with E-state index in [2.05, 4.69) is 0 Å². The monoisotopic (exact) mass is 239 g/mol. The van der Waals surface area contributed by atoms with Crippen molar-refractivity contribution in [2.45, 2.75) is 0 Å². The Labute approximate surface area is 81.3 Å². The summed E-state index contributed by atoms with van der Waals surface area (Å²) in [7, 11) is 0. The van der Waals surface area contributed by atoms with Gasteiger partial charge in [-0.25, -0.2) is 0 Å². The van der Waals surface area contributed by atoms with Gasteiger partial charge in [0.25, 0.3) is 0 Å². The molecule has 9 heteroatoms. The van der Waals surface area contributed by atoms with E-state index in [1.54, 1.807) is 0 Å². The van der Waals surface area contributed by atoms with Gasteiger partial charge in [-0.3, -0.25) is 0 Å². The van der Waals surface area contributed by atoms with Crippen LogP contribution >= 0.6 is 0 Å². The molecule has 0 bridgehead atoms. The van der Waals surface area contributed by atoms with Crippen LogP contribution in [-0.4, -0.2) is 23.9 Å². The first-order valence-corrected chi connectivity index (χ1v) is 2.13. The van der Waals surface area contributed by atoms with E-state index in [0.29, 0.717) is 0 Å². The molecule has 0 saturated heterocycles. The molecular weight excluding hydrogens is 240 g/mol. The summed E-state index contributed by atoms with van der Waals surface area (Å²) < 4.78 is 0. The number of carbonyl (C=O) groups excluding carboxylic acids is 4. The Morgan fingerprint density at radius 1 is 0.538 bits per heavy atom. The normalized spacial score (nSPS) is 6.77. The third kappa shape index (κ3) is 17.9. The summed E-state index contributed by atoms with van der Waals surface area (Å²) in [6.07, 6.45) is 0. The fourth-order valence-corrected chi connectivity index (χ4v) is 0. The second-order valence-corrected chi connectivity index (χ2v) is 1.15. The third-order valence-electron chi connectivity index (χ3n) is 0.333. The molecule has 1 radical (unpaired) electrons. The summed E-state index contributed by atoms with van der Waals surface area (Å²) in [5, 5.41) is 35.7. The number of hydrogen-bond acceptors (Lipinski definition) is 8. The number of carbonyl (C=O) groups is 4. The van der Waals surface area contributed by atoms with Crippen LogP contribution in [0.3, 0.4) is 0 Å². The molecule has 0 aromatic rings. The molecule has 0 rings (SSSR count). The first-order chi connectivity index (χ1) is 5.29. The number of carboxylic acid groups (broad SMARTS) is 4. The Balaban J connectivity index is -0.000000143. The van der Waals surface area contributed by atoms with Gasteiger partial charge in [0.2, 0.25) is 0 Å². The maximum Gasteiger partial charge on any atom is 0.0870 e. The van der Waals surface area contributed by atoms with Gasteiger partial charge in [0.15, 0.2) is 0 Å². The van der Waals surface area contributed by atoms with Crippen molar-refractivity contribution in [3.05, 3.63) is 0 Å². The summed E-state index contributed by atoms with van der Waals surface area (Å²) >= 11 is 0. The maximum atomic E-state index is 8.93. The Bertz CT molecular complexity index is 172. The van der Waals surface area contributed by atoms with Gasteiger partial charge in [-0.1, -0.05) is 0 Å². The van der Waals surface area contributed by atoms with Crippen molar-refractivity contribution in [2.24, 2.45) is 0 Å². The predicted molar refractivity (Wildman–Crippen MR) is 20.0 cm³/mol. The molecule has 0 spiro atoms. The van der Waals surface area contributed by atoms with E-state index in [0.717, 1.165) is 0 Å². The SMILES string of the molecule is O=C([O-])C(=O)[O-].O=C([O-])C(=O)[O-].[Cu]. The molecule has 0 unspecified atom stereocenters. The van der Waals surface area contributed by atoms with E-state index >= 15 is 0 Å². The van der Waals surface area contributed by atoms with Gasteiger partial charge < -0.3 is 39.6 Å². The van der Waals surface area contributed by atoms with E-state index in [4.69, 9.17) is 39.6 Å². The maximum absolute atomic E-state index is 8.93. The summed E-state index contributed by atoms with van der Waals surface area (Å²) in [5.41, 5.74) is 0. The Kier molecular flexibility index (Phi) is 11.4. The quantitative estimate of drug-likeness (QED) is 0.297. The zero-order chi connectivity index (χ0) is 10.3. The van der Waals surface area contributed by atoms with Crippen LogP contribution in [0.4, 0.5) is 0 Å². The standard InChI is InChI=1S/2C2H2O4.Cu/c2*3-1(4)2(5)6;/h2*(H,3,4)(H,5,6);/p-4. The van der Waals surface area contributed by atoms with Crippen molar-refractivity contribution < 1.29 is 56.7 Å². The topological polar surface area (TPSA) is 161 Å². The zero-order valence-electron chi connectivity index (χ0n) is 5.57. The molecule has 0 aliphatic carbocycles. The van der Waals surface area contributed by atoms with E-state index in [-0.39, 0.29) is 17.1 Å². The number of carboxylic acids is 4. The Morgan fingerprint density at radius 3 is 0.615 bits per heavy atom. The largest absolute Gasteiger partial charge is 0.543 e. The Hall–Kier alpha value is -1.60. The average Bonchev–Trinajstić information content (AvgIpc) is 1.88. The fourth-order valence-electron chi connectivity index (χ4n) is 0. The van der Waals surface area contributed by atoms with E-state index < -0.39 is 23.9 Å². The third-order valence-corrected chi connectivity index (χ3v) is 0.333. The van der Waals surface area contributed by atoms with Crippen molar-refractivity contribution in [3.63, 3.8) is 0 Å². The second kappa shape index (κ2) is 8.50. The Morgan fingerprint density at radius 2 is 0.615 bits per heavy atom. The fraction of sp³-hybridized carbons (Fsp3) is 0. The van der Waals surface area contributed by atoms with Gasteiger partial charge in [0, 0.05) is 17.1 Å². The van der Waals surface area contributed by atoms with Gasteiger partial charge in [-0.2, -0.15) is 0 Å². The average molecular weight is 240 g/mol. The molecule has 0 aliphatic rings. The van der Waals surface area contributed by atoms with E-state index in [1.165, 1.54) is 0 Å². The molecule has 13 heavy (non-hydrogen) atoms. The number of hydrogen-bond donors (Lipinski definition) is 0. The van der Waals surface area contributed by atoms with Crippen LogP contribution in [0, 0.1) is 0 Å². The van der Waals surface area contributed by atoms with Gasteiger partial charge >= 0.3 is 0 Å². The molecule has 0 heterocycles. The second-order valence-electron chi connectivity index (χ2n) is 1.15. The molecule has 0 fully saturated rings. The first kappa shape index (κ1) is 17.5. The van der Waals surface area contributed by atoms with E-state index in [1.807, 2.05) is 0 Å². The molecule has 79 valence electrons. The van der Waals surface area contributed by atoms with Crippen LogP contribution in [-0.2, 0) is 36.2 Å². The van der Waals surface area contributed by atoms with Crippen molar-refractivity contribution in [1.82, 2.24) is 0 Å². The molecule has 0 atom stereocenters. The molecule has 0 aliphatic heterocycles. The molecule has 0 aromatic carbocycles. The minimum absolute atomic E-state index is 0. The van der Waals surface area contributed by atoms with Crippen LogP contribution in [0.5, 0.6) is 0 Å². The van der Waals surface area contributed by atoms with Crippen LogP contribution in [0.15, 0.2) is 0 Å². The molecular formula is C4CuO8-4. The van der Waals surface area contributed by atoms with E-state index in [9.17, 15) is 0 Å². The minimum atomic E-state index is -2.19. The smallest absolute Gasteiger partial charge is 0.0870 e. The summed E-state index contributed by atoms with van der Waals surface area (Å²) in [4.78, 5) is 35.7. The van der Waals surface area contributed by atoms with Gasteiger partial charge in [-0.05, 0) is 0 Å². The zero-order valence-corrected chi connectivity index (χ0v) is 6.51. The minimum Gasteiger partial charge on any atom is -0.543 e. The van der Waals surface area contributed by atoms with Crippen LogP contribution in [0.2, 0.25) is 0 Å². The van der Waals surface area contributed by atoms with Gasteiger partial charge in [0.05, 0.1) is 23.9 Å². The molecule has 0 amide bonds. The van der Waals surface area contributed by atoms with Crippen molar-refractivity contribution >= 4 is 23.9 Å². The van der Waals surface area contributed by atoms with Gasteiger partial charge in [-0.15, -0.1) is 0 Å². The predicted octanol–water partition coefficient (Wildman–Crippen LogP) is -7.03. The molecule has 8 nitrogen and oxygen atoms in total. The van der Waals surface area contributed by atoms with Gasteiger partial charge in [0.1, 0.15) is 0 Å². The van der Waals surface area contributed by atoms with Crippen molar-refractivity contribution in [3.8, 4) is 0 Å². The van der Waals surface area contributed by atoms with Crippen LogP contribution in [0.25, 0.3) is 0 Å². The summed E-state index contributed by atoms with van der Waals surface area (Å²) in [6, 6.07) is 0. The summed E-state index contributed by atoms with van der Waals surface area (Å²) in [6.45, 7) is 0.